The maximum absolute atomic E-state index is 11.4. The lowest BCUT2D eigenvalue weighted by Crippen LogP contribution is -2.24. The highest BCUT2D eigenvalue weighted by molar-refractivity contribution is 9.11. The van der Waals surface area contributed by atoms with Crippen molar-refractivity contribution in [3.63, 3.8) is 0 Å². The third-order valence-corrected chi connectivity index (χ3v) is 1.92. The molecule has 0 aromatic carbocycles. The van der Waals surface area contributed by atoms with E-state index in [1.165, 1.54) is 12.3 Å². The number of halogens is 2. The second-order valence-electron chi connectivity index (χ2n) is 2.57. The summed E-state index contributed by atoms with van der Waals surface area (Å²) in [6.45, 7) is 3.99. The lowest BCUT2D eigenvalue weighted by Gasteiger charge is -2.03. The largest absolute Gasteiger partial charge is 0.347 e. The van der Waals surface area contributed by atoms with E-state index in [2.05, 4.69) is 32.8 Å². The second-order valence-corrected chi connectivity index (χ2v) is 4.08. The molecule has 0 saturated carbocycles. The van der Waals surface area contributed by atoms with Crippen molar-refractivity contribution in [2.75, 3.05) is 6.54 Å². The number of aromatic nitrogens is 1. The summed E-state index contributed by atoms with van der Waals surface area (Å²) < 4.78 is 0.714. The van der Waals surface area contributed by atoms with Crippen LogP contribution in [-0.2, 0) is 0 Å². The first-order valence-electron chi connectivity index (χ1n) is 3.82. The van der Waals surface area contributed by atoms with Crippen molar-refractivity contribution < 1.29 is 4.79 Å². The van der Waals surface area contributed by atoms with Crippen molar-refractivity contribution in [2.24, 2.45) is 0 Å². The molecular formula is C9H8BrClN2O. The zero-order chi connectivity index (χ0) is 10.6. The zero-order valence-electron chi connectivity index (χ0n) is 7.26. The first-order valence-corrected chi connectivity index (χ1v) is 4.99. The first-order chi connectivity index (χ1) is 6.59. The quantitative estimate of drug-likeness (QED) is 0.861. The molecule has 0 radical (unpaired) electrons. The molecule has 0 spiro atoms. The summed E-state index contributed by atoms with van der Waals surface area (Å²) in [6, 6.07) is 3.10. The van der Waals surface area contributed by atoms with E-state index in [4.69, 9.17) is 11.6 Å². The third kappa shape index (κ3) is 3.47. The molecule has 74 valence electrons. The van der Waals surface area contributed by atoms with Gasteiger partial charge in [0.15, 0.2) is 0 Å². The summed E-state index contributed by atoms with van der Waals surface area (Å²) in [5, 5.41) is 2.96. The molecule has 0 atom stereocenters. The Balaban J connectivity index is 2.65. The molecule has 5 heteroatoms. The summed E-state index contributed by atoms with van der Waals surface area (Å²) in [5.74, 6) is -0.199. The fraction of sp³-hybridized carbons (Fsp3) is 0.111. The van der Waals surface area contributed by atoms with E-state index in [0.29, 0.717) is 21.7 Å². The van der Waals surface area contributed by atoms with Gasteiger partial charge < -0.3 is 5.32 Å². The monoisotopic (exact) mass is 274 g/mol. The van der Waals surface area contributed by atoms with Crippen LogP contribution in [0.25, 0.3) is 0 Å². The van der Waals surface area contributed by atoms with E-state index >= 15 is 0 Å². The standard InChI is InChI=1S/C9H8BrClN2O/c1-6(10)5-13-9(14)7-2-3-12-8(11)4-7/h2-4H,1,5H2,(H,13,14). The van der Waals surface area contributed by atoms with Crippen LogP contribution in [0.15, 0.2) is 29.4 Å². The van der Waals surface area contributed by atoms with Gasteiger partial charge >= 0.3 is 0 Å². The van der Waals surface area contributed by atoms with Gasteiger partial charge in [0.1, 0.15) is 5.15 Å². The minimum Gasteiger partial charge on any atom is -0.347 e. The van der Waals surface area contributed by atoms with Gasteiger partial charge in [0.2, 0.25) is 0 Å². The predicted octanol–water partition coefficient (Wildman–Crippen LogP) is 2.37. The van der Waals surface area contributed by atoms with Crippen LogP contribution in [0.1, 0.15) is 10.4 Å². The Morgan fingerprint density at radius 2 is 2.43 bits per heavy atom. The Kier molecular flexibility index (Phi) is 4.10. The average molecular weight is 276 g/mol. The van der Waals surface area contributed by atoms with Crippen LogP contribution in [-0.4, -0.2) is 17.4 Å². The Morgan fingerprint density at radius 3 is 3.00 bits per heavy atom. The van der Waals surface area contributed by atoms with Gasteiger partial charge in [0.05, 0.1) is 0 Å². The smallest absolute Gasteiger partial charge is 0.251 e. The SMILES string of the molecule is C=C(Br)CNC(=O)c1ccnc(Cl)c1. The summed E-state index contributed by atoms with van der Waals surface area (Å²) in [4.78, 5) is 15.2. The van der Waals surface area contributed by atoms with Crippen LogP contribution in [0, 0.1) is 0 Å². The Labute approximate surface area is 95.3 Å². The summed E-state index contributed by atoms with van der Waals surface area (Å²) >= 11 is 8.78. The minimum absolute atomic E-state index is 0.199. The van der Waals surface area contributed by atoms with E-state index < -0.39 is 0 Å². The van der Waals surface area contributed by atoms with Gasteiger partial charge in [-0.15, -0.1) is 0 Å². The fourth-order valence-electron chi connectivity index (χ4n) is 0.822. The molecule has 3 nitrogen and oxygen atoms in total. The third-order valence-electron chi connectivity index (χ3n) is 1.43. The molecule has 0 saturated heterocycles. The number of hydrogen-bond donors (Lipinski definition) is 1. The highest BCUT2D eigenvalue weighted by atomic mass is 79.9. The van der Waals surface area contributed by atoms with Crippen molar-refractivity contribution in [1.29, 1.82) is 0 Å². The highest BCUT2D eigenvalue weighted by Crippen LogP contribution is 2.07. The van der Waals surface area contributed by atoms with Crippen molar-refractivity contribution >= 4 is 33.4 Å². The molecule has 1 heterocycles. The van der Waals surface area contributed by atoms with E-state index in [0.717, 1.165) is 0 Å². The van der Waals surface area contributed by atoms with Crippen LogP contribution in [0.5, 0.6) is 0 Å². The van der Waals surface area contributed by atoms with Crippen LogP contribution in [0.3, 0.4) is 0 Å². The number of pyridine rings is 1. The van der Waals surface area contributed by atoms with Gasteiger partial charge in [0.25, 0.3) is 5.91 Å². The van der Waals surface area contributed by atoms with Gasteiger partial charge in [-0.05, 0) is 12.1 Å². The van der Waals surface area contributed by atoms with Gasteiger partial charge in [0, 0.05) is 22.8 Å². The summed E-state index contributed by atoms with van der Waals surface area (Å²) in [5.41, 5.74) is 0.485. The van der Waals surface area contributed by atoms with Gasteiger partial charge in [-0.2, -0.15) is 0 Å². The number of carbonyl (C=O) groups excluding carboxylic acids is 1. The molecule has 1 N–H and O–H groups in total. The van der Waals surface area contributed by atoms with Crippen molar-refractivity contribution in [2.45, 2.75) is 0 Å². The molecule has 0 fully saturated rings. The van der Waals surface area contributed by atoms with Gasteiger partial charge in [-0.25, -0.2) is 4.98 Å². The Morgan fingerprint density at radius 1 is 1.71 bits per heavy atom. The van der Waals surface area contributed by atoms with Crippen molar-refractivity contribution in [3.8, 4) is 0 Å². The lowest BCUT2D eigenvalue weighted by molar-refractivity contribution is 0.0957. The molecule has 1 rings (SSSR count). The Hall–Kier alpha value is -0.870. The minimum atomic E-state index is -0.199. The Bertz CT molecular complexity index is 368. The number of amides is 1. The molecular weight excluding hydrogens is 267 g/mol. The number of nitrogens with one attached hydrogen (secondary N) is 1. The molecule has 0 bridgehead atoms. The van der Waals surface area contributed by atoms with E-state index in [1.807, 2.05) is 0 Å². The topological polar surface area (TPSA) is 42.0 Å². The second kappa shape index (κ2) is 5.12. The zero-order valence-corrected chi connectivity index (χ0v) is 9.60. The van der Waals surface area contributed by atoms with Crippen LogP contribution < -0.4 is 5.32 Å². The summed E-state index contributed by atoms with van der Waals surface area (Å²) in [7, 11) is 0. The molecule has 1 aromatic rings. The van der Waals surface area contributed by atoms with Crippen LogP contribution in [0.4, 0.5) is 0 Å². The molecule has 0 aliphatic carbocycles. The average Bonchev–Trinajstić information content (AvgIpc) is 2.14. The van der Waals surface area contributed by atoms with E-state index in [1.54, 1.807) is 6.07 Å². The van der Waals surface area contributed by atoms with E-state index in [9.17, 15) is 4.79 Å². The van der Waals surface area contributed by atoms with Crippen molar-refractivity contribution in [3.05, 3.63) is 40.1 Å². The van der Waals surface area contributed by atoms with Gasteiger partial charge in [-0.3, -0.25) is 4.79 Å². The molecule has 0 unspecified atom stereocenters. The highest BCUT2D eigenvalue weighted by Gasteiger charge is 2.05. The molecule has 1 amide bonds. The fourth-order valence-corrected chi connectivity index (χ4v) is 1.14. The number of nitrogens with zero attached hydrogens (tertiary/aromatic N) is 1. The molecule has 1 aromatic heterocycles. The molecule has 14 heavy (non-hydrogen) atoms. The van der Waals surface area contributed by atoms with Gasteiger partial charge in [-0.1, -0.05) is 34.1 Å². The van der Waals surface area contributed by atoms with Crippen molar-refractivity contribution in [1.82, 2.24) is 10.3 Å². The number of rotatable bonds is 3. The summed E-state index contributed by atoms with van der Waals surface area (Å²) in [6.07, 6.45) is 1.49. The maximum atomic E-state index is 11.4. The predicted molar refractivity (Wildman–Crippen MR) is 59.6 cm³/mol. The molecule has 0 aliphatic heterocycles. The lowest BCUT2D eigenvalue weighted by atomic mass is 10.2. The maximum Gasteiger partial charge on any atom is 0.251 e. The van der Waals surface area contributed by atoms with Crippen LogP contribution in [0.2, 0.25) is 5.15 Å². The number of hydrogen-bond acceptors (Lipinski definition) is 2. The first kappa shape index (κ1) is 11.2. The van der Waals surface area contributed by atoms with Crippen LogP contribution >= 0.6 is 27.5 Å². The van der Waals surface area contributed by atoms with E-state index in [-0.39, 0.29) is 5.91 Å². The number of carbonyl (C=O) groups is 1. The molecule has 0 aliphatic rings. The normalized spacial score (nSPS) is 9.57.